The maximum Gasteiger partial charge on any atom is 0.124 e. The van der Waals surface area contributed by atoms with Gasteiger partial charge in [0.1, 0.15) is 5.82 Å². The molecule has 0 N–H and O–H groups in total. The predicted octanol–water partition coefficient (Wildman–Crippen LogP) is 3.94. The van der Waals surface area contributed by atoms with Crippen molar-refractivity contribution in [1.29, 1.82) is 0 Å². The van der Waals surface area contributed by atoms with Crippen LogP contribution in [0.3, 0.4) is 0 Å². The molecule has 1 heterocycles. The van der Waals surface area contributed by atoms with E-state index in [9.17, 15) is 0 Å². The highest BCUT2D eigenvalue weighted by Gasteiger charge is 2.11. The monoisotopic (exact) mass is 268 g/mol. The number of benzene rings is 1. The zero-order valence-electron chi connectivity index (χ0n) is 9.87. The number of rotatable bonds is 3. The van der Waals surface area contributed by atoms with Crippen LogP contribution in [0.5, 0.6) is 0 Å². The van der Waals surface area contributed by atoms with E-state index in [1.807, 2.05) is 31.2 Å². The molecule has 0 amide bonds. The van der Waals surface area contributed by atoms with Gasteiger partial charge in [-0.05, 0) is 25.5 Å². The number of hydrogen-bond acceptors (Lipinski definition) is 1. The van der Waals surface area contributed by atoms with E-state index in [1.54, 1.807) is 0 Å². The molecular formula is C13H14Cl2N2. The molecule has 0 aliphatic carbocycles. The molecule has 0 aliphatic rings. The Morgan fingerprint density at radius 2 is 1.94 bits per heavy atom. The average molecular weight is 269 g/mol. The molecule has 2 rings (SSSR count). The zero-order valence-corrected chi connectivity index (χ0v) is 11.4. The lowest BCUT2D eigenvalue weighted by atomic mass is 10.2. The van der Waals surface area contributed by atoms with E-state index in [1.165, 1.54) is 0 Å². The molecule has 0 radical (unpaired) electrons. The fraction of sp³-hybridized carbons (Fsp3) is 0.308. The standard InChI is InChI=1S/C13H14Cl2N2/c1-9-10(2)17(13(7-14)16-9)8-11-5-3-4-6-12(11)15/h3-6H,7-8H2,1-2H3. The van der Waals surface area contributed by atoms with Crippen molar-refractivity contribution in [3.8, 4) is 0 Å². The van der Waals surface area contributed by atoms with Crippen molar-refractivity contribution < 1.29 is 0 Å². The van der Waals surface area contributed by atoms with Crippen molar-refractivity contribution in [2.75, 3.05) is 0 Å². The maximum atomic E-state index is 6.16. The number of nitrogens with zero attached hydrogens (tertiary/aromatic N) is 2. The highest BCUT2D eigenvalue weighted by molar-refractivity contribution is 6.31. The van der Waals surface area contributed by atoms with E-state index >= 15 is 0 Å². The Bertz CT molecular complexity index is 532. The van der Waals surface area contributed by atoms with Crippen LogP contribution in [0.25, 0.3) is 0 Å². The molecule has 0 fully saturated rings. The van der Waals surface area contributed by atoms with Gasteiger partial charge in [-0.2, -0.15) is 0 Å². The Hall–Kier alpha value is -0.990. The summed E-state index contributed by atoms with van der Waals surface area (Å²) in [4.78, 5) is 4.44. The number of aromatic nitrogens is 2. The number of alkyl halides is 1. The first-order valence-corrected chi connectivity index (χ1v) is 6.36. The van der Waals surface area contributed by atoms with E-state index in [-0.39, 0.29) is 0 Å². The van der Waals surface area contributed by atoms with Gasteiger partial charge in [-0.25, -0.2) is 4.98 Å². The van der Waals surface area contributed by atoms with Gasteiger partial charge in [0.25, 0.3) is 0 Å². The van der Waals surface area contributed by atoms with Crippen molar-refractivity contribution in [1.82, 2.24) is 9.55 Å². The minimum absolute atomic E-state index is 0.416. The molecule has 1 aromatic carbocycles. The Kier molecular flexibility index (Phi) is 3.75. The van der Waals surface area contributed by atoms with Crippen LogP contribution >= 0.6 is 23.2 Å². The largest absolute Gasteiger partial charge is 0.327 e. The van der Waals surface area contributed by atoms with Crippen LogP contribution < -0.4 is 0 Å². The molecule has 0 bridgehead atoms. The summed E-state index contributed by atoms with van der Waals surface area (Å²) in [7, 11) is 0. The lowest BCUT2D eigenvalue weighted by Gasteiger charge is -2.10. The summed E-state index contributed by atoms with van der Waals surface area (Å²) in [6, 6.07) is 7.84. The third-order valence-corrected chi connectivity index (χ3v) is 3.55. The first-order chi connectivity index (χ1) is 8.13. The minimum atomic E-state index is 0.416. The highest BCUT2D eigenvalue weighted by Crippen LogP contribution is 2.20. The van der Waals surface area contributed by atoms with E-state index < -0.39 is 0 Å². The number of aryl methyl sites for hydroxylation is 1. The van der Waals surface area contributed by atoms with Crippen molar-refractivity contribution in [2.24, 2.45) is 0 Å². The summed E-state index contributed by atoms with van der Waals surface area (Å²) >= 11 is 12.1. The van der Waals surface area contributed by atoms with Gasteiger partial charge < -0.3 is 4.57 Å². The van der Waals surface area contributed by atoms with Gasteiger partial charge in [-0.15, -0.1) is 11.6 Å². The van der Waals surface area contributed by atoms with E-state index in [2.05, 4.69) is 16.5 Å². The molecular weight excluding hydrogens is 255 g/mol. The van der Waals surface area contributed by atoms with E-state index in [0.29, 0.717) is 12.4 Å². The lowest BCUT2D eigenvalue weighted by Crippen LogP contribution is -2.06. The molecule has 0 atom stereocenters. The van der Waals surface area contributed by atoms with Crippen LogP contribution in [0.2, 0.25) is 5.02 Å². The molecule has 0 saturated heterocycles. The average Bonchev–Trinajstić information content (AvgIpc) is 2.59. The van der Waals surface area contributed by atoms with E-state index in [4.69, 9.17) is 23.2 Å². The lowest BCUT2D eigenvalue weighted by molar-refractivity contribution is 0.732. The molecule has 0 saturated carbocycles. The number of hydrogen-bond donors (Lipinski definition) is 0. The summed E-state index contributed by atoms with van der Waals surface area (Å²) in [5, 5.41) is 0.777. The second-order valence-corrected chi connectivity index (χ2v) is 4.68. The number of halogens is 2. The smallest absolute Gasteiger partial charge is 0.124 e. The normalized spacial score (nSPS) is 10.8. The quantitative estimate of drug-likeness (QED) is 0.772. The molecule has 2 aromatic rings. The van der Waals surface area contributed by atoms with Crippen LogP contribution in [-0.2, 0) is 12.4 Å². The van der Waals surface area contributed by atoms with Gasteiger partial charge in [-0.3, -0.25) is 0 Å². The van der Waals surface area contributed by atoms with Crippen molar-refractivity contribution in [3.05, 3.63) is 52.1 Å². The topological polar surface area (TPSA) is 17.8 Å². The summed E-state index contributed by atoms with van der Waals surface area (Å²) in [5.74, 6) is 1.31. The van der Waals surface area contributed by atoms with Crippen LogP contribution in [0.1, 0.15) is 22.8 Å². The van der Waals surface area contributed by atoms with Gasteiger partial charge in [-0.1, -0.05) is 29.8 Å². The van der Waals surface area contributed by atoms with Crippen molar-refractivity contribution in [3.63, 3.8) is 0 Å². The third-order valence-electron chi connectivity index (χ3n) is 2.94. The Morgan fingerprint density at radius 3 is 2.59 bits per heavy atom. The van der Waals surface area contributed by atoms with Crippen LogP contribution in [-0.4, -0.2) is 9.55 Å². The van der Waals surface area contributed by atoms with E-state index in [0.717, 1.165) is 27.8 Å². The SMILES string of the molecule is Cc1nc(CCl)n(Cc2ccccc2Cl)c1C. The Morgan fingerprint density at radius 1 is 1.24 bits per heavy atom. The van der Waals surface area contributed by atoms with Crippen molar-refractivity contribution in [2.45, 2.75) is 26.3 Å². The van der Waals surface area contributed by atoms with Gasteiger partial charge in [0.15, 0.2) is 0 Å². The van der Waals surface area contributed by atoms with Gasteiger partial charge in [0.05, 0.1) is 18.1 Å². The summed E-state index contributed by atoms with van der Waals surface area (Å²) in [5.41, 5.74) is 3.24. The summed E-state index contributed by atoms with van der Waals surface area (Å²) < 4.78 is 2.11. The molecule has 0 aliphatic heterocycles. The van der Waals surface area contributed by atoms with Crippen LogP contribution in [0, 0.1) is 13.8 Å². The first kappa shape index (κ1) is 12.5. The zero-order chi connectivity index (χ0) is 12.4. The summed E-state index contributed by atoms with van der Waals surface area (Å²) in [6.45, 7) is 4.76. The molecule has 4 heteroatoms. The Balaban J connectivity index is 2.39. The molecule has 1 aromatic heterocycles. The van der Waals surface area contributed by atoms with Crippen LogP contribution in [0.4, 0.5) is 0 Å². The number of imidazole rings is 1. The second-order valence-electron chi connectivity index (χ2n) is 4.01. The maximum absolute atomic E-state index is 6.16. The molecule has 90 valence electrons. The summed E-state index contributed by atoms with van der Waals surface area (Å²) in [6.07, 6.45) is 0. The third kappa shape index (κ3) is 2.48. The highest BCUT2D eigenvalue weighted by atomic mass is 35.5. The molecule has 0 unspecified atom stereocenters. The minimum Gasteiger partial charge on any atom is -0.327 e. The van der Waals surface area contributed by atoms with Crippen LogP contribution in [0.15, 0.2) is 24.3 Å². The molecule has 0 spiro atoms. The second kappa shape index (κ2) is 5.11. The predicted molar refractivity (Wildman–Crippen MR) is 71.8 cm³/mol. The fourth-order valence-corrected chi connectivity index (χ4v) is 2.23. The van der Waals surface area contributed by atoms with Gasteiger partial charge in [0.2, 0.25) is 0 Å². The molecule has 2 nitrogen and oxygen atoms in total. The molecule has 17 heavy (non-hydrogen) atoms. The Labute approximate surface area is 111 Å². The first-order valence-electron chi connectivity index (χ1n) is 5.45. The van der Waals surface area contributed by atoms with Crippen molar-refractivity contribution >= 4 is 23.2 Å². The van der Waals surface area contributed by atoms with Gasteiger partial charge in [0, 0.05) is 10.7 Å². The van der Waals surface area contributed by atoms with Gasteiger partial charge >= 0.3 is 0 Å². The fourth-order valence-electron chi connectivity index (χ4n) is 1.83.